The molecule has 0 aliphatic carbocycles. The Bertz CT molecular complexity index is 1150. The van der Waals surface area contributed by atoms with Crippen LogP contribution in [-0.4, -0.2) is 30.0 Å². The summed E-state index contributed by atoms with van der Waals surface area (Å²) < 4.78 is 4.03. The lowest BCUT2D eigenvalue weighted by Crippen LogP contribution is -2.15. The van der Waals surface area contributed by atoms with Crippen LogP contribution in [0, 0.1) is 0 Å². The molecular weight excluding hydrogens is 376 g/mol. The maximum Gasteiger partial charge on any atom is 0.276 e. The van der Waals surface area contributed by atoms with Crippen LogP contribution < -0.4 is 5.32 Å². The van der Waals surface area contributed by atoms with Gasteiger partial charge in [0.1, 0.15) is 23.7 Å². The Labute approximate surface area is 174 Å². The van der Waals surface area contributed by atoms with Crippen molar-refractivity contribution in [2.24, 2.45) is 0 Å². The molecule has 1 aliphatic rings. The Hall–Kier alpha value is -3.74. The van der Waals surface area contributed by atoms with Crippen molar-refractivity contribution in [1.29, 1.82) is 0 Å². The van der Waals surface area contributed by atoms with E-state index in [4.69, 9.17) is 4.98 Å². The highest BCUT2D eigenvalue weighted by atomic mass is 16.1. The second-order valence-electron chi connectivity index (χ2n) is 7.39. The van der Waals surface area contributed by atoms with Crippen LogP contribution in [0.2, 0.25) is 0 Å². The smallest absolute Gasteiger partial charge is 0.276 e. The van der Waals surface area contributed by atoms with Gasteiger partial charge in [-0.2, -0.15) is 0 Å². The molecule has 7 heteroatoms. The molecule has 7 nitrogen and oxygen atoms in total. The summed E-state index contributed by atoms with van der Waals surface area (Å²) in [7, 11) is 0. The molecule has 30 heavy (non-hydrogen) atoms. The zero-order valence-corrected chi connectivity index (χ0v) is 16.5. The molecule has 0 spiro atoms. The summed E-state index contributed by atoms with van der Waals surface area (Å²) in [6.45, 7) is 0.890. The van der Waals surface area contributed by atoms with E-state index in [0.717, 1.165) is 55.1 Å². The lowest BCUT2D eigenvalue weighted by Gasteiger charge is -2.09. The zero-order chi connectivity index (χ0) is 20.3. The van der Waals surface area contributed by atoms with E-state index in [0.29, 0.717) is 11.4 Å². The Morgan fingerprint density at radius 2 is 1.93 bits per heavy atom. The first-order valence-electron chi connectivity index (χ1n) is 10.2. The normalized spacial score (nSPS) is 13.5. The van der Waals surface area contributed by atoms with Gasteiger partial charge in [0.15, 0.2) is 0 Å². The van der Waals surface area contributed by atoms with Gasteiger partial charge >= 0.3 is 0 Å². The monoisotopic (exact) mass is 398 g/mol. The molecule has 0 saturated heterocycles. The summed E-state index contributed by atoms with van der Waals surface area (Å²) in [4.78, 5) is 26.3. The fourth-order valence-electron chi connectivity index (χ4n) is 3.91. The van der Waals surface area contributed by atoms with Gasteiger partial charge in [0.25, 0.3) is 5.91 Å². The predicted octanol–water partition coefficient (Wildman–Crippen LogP) is 4.11. The number of anilines is 1. The van der Waals surface area contributed by atoms with Gasteiger partial charge in [-0.15, -0.1) is 0 Å². The fourth-order valence-corrected chi connectivity index (χ4v) is 3.91. The summed E-state index contributed by atoms with van der Waals surface area (Å²) in [6, 6.07) is 13.8. The molecule has 1 aromatic carbocycles. The second kappa shape index (κ2) is 7.94. The minimum absolute atomic E-state index is 0.194. The number of pyridine rings is 1. The first kappa shape index (κ1) is 18.3. The summed E-state index contributed by atoms with van der Waals surface area (Å²) in [5, 5.41) is 2.96. The van der Waals surface area contributed by atoms with E-state index in [-0.39, 0.29) is 5.91 Å². The molecule has 1 N–H and O–H groups in total. The molecule has 0 atom stereocenters. The van der Waals surface area contributed by atoms with Crippen molar-refractivity contribution >= 4 is 11.6 Å². The van der Waals surface area contributed by atoms with E-state index in [1.54, 1.807) is 18.7 Å². The third kappa shape index (κ3) is 3.50. The molecule has 0 unspecified atom stereocenters. The van der Waals surface area contributed by atoms with Crippen molar-refractivity contribution in [2.45, 2.75) is 32.2 Å². The number of benzene rings is 1. The van der Waals surface area contributed by atoms with Crippen molar-refractivity contribution < 1.29 is 4.79 Å². The van der Waals surface area contributed by atoms with Crippen LogP contribution in [0.1, 0.15) is 35.4 Å². The number of rotatable bonds is 4. The summed E-state index contributed by atoms with van der Waals surface area (Å²) >= 11 is 0. The Kier molecular flexibility index (Phi) is 4.85. The number of hydrogen-bond acceptors (Lipinski definition) is 4. The number of carbonyl (C=O) groups excluding carboxylic acids is 1. The lowest BCUT2D eigenvalue weighted by molar-refractivity contribution is 0.102. The highest BCUT2D eigenvalue weighted by Crippen LogP contribution is 2.27. The molecule has 150 valence electrons. The zero-order valence-electron chi connectivity index (χ0n) is 16.5. The maximum absolute atomic E-state index is 13.1. The average molecular weight is 398 g/mol. The van der Waals surface area contributed by atoms with Crippen LogP contribution in [0.4, 0.5) is 5.69 Å². The number of fused-ring (bicyclic) bond motifs is 1. The van der Waals surface area contributed by atoms with Crippen molar-refractivity contribution in [3.63, 3.8) is 0 Å². The molecule has 3 aromatic heterocycles. The van der Waals surface area contributed by atoms with Gasteiger partial charge in [0.05, 0.1) is 17.6 Å². The SMILES string of the molecule is O=C(Nc1ccc(-n2ccnc2)nc1)c1nc(-c2ccccc2)n2c1CCCCC2. The Morgan fingerprint density at radius 3 is 2.70 bits per heavy atom. The van der Waals surface area contributed by atoms with Crippen LogP contribution in [0.15, 0.2) is 67.4 Å². The largest absolute Gasteiger partial charge is 0.327 e. The summed E-state index contributed by atoms with van der Waals surface area (Å²) in [6.07, 6.45) is 11.1. The molecular formula is C23H22N6O. The topological polar surface area (TPSA) is 77.6 Å². The average Bonchev–Trinajstić information content (AvgIpc) is 3.38. The molecule has 4 aromatic rings. The molecule has 0 bridgehead atoms. The van der Waals surface area contributed by atoms with Gasteiger partial charge in [0.2, 0.25) is 0 Å². The highest BCUT2D eigenvalue weighted by molar-refractivity contribution is 6.04. The van der Waals surface area contributed by atoms with Gasteiger partial charge < -0.3 is 9.88 Å². The maximum atomic E-state index is 13.1. The Morgan fingerprint density at radius 1 is 1.03 bits per heavy atom. The number of aromatic nitrogens is 5. The number of hydrogen-bond donors (Lipinski definition) is 1. The van der Waals surface area contributed by atoms with Crippen molar-refractivity contribution in [1.82, 2.24) is 24.1 Å². The van der Waals surface area contributed by atoms with E-state index < -0.39 is 0 Å². The molecule has 5 rings (SSSR count). The lowest BCUT2D eigenvalue weighted by atomic mass is 10.1. The fraction of sp³-hybridized carbons (Fsp3) is 0.217. The predicted molar refractivity (Wildman–Crippen MR) is 115 cm³/mol. The highest BCUT2D eigenvalue weighted by Gasteiger charge is 2.24. The van der Waals surface area contributed by atoms with Crippen LogP contribution >= 0.6 is 0 Å². The summed E-state index contributed by atoms with van der Waals surface area (Å²) in [5.41, 5.74) is 3.20. The van der Waals surface area contributed by atoms with Gasteiger partial charge in [-0.05, 0) is 31.4 Å². The standard InChI is InChI=1S/C23H22N6O/c30-23(26-18-10-11-20(25-15-18)28-14-12-24-16-28)21-19-9-5-2-6-13-29(19)22(27-21)17-7-3-1-4-8-17/h1,3-4,7-8,10-12,14-16H,2,5-6,9,13H2,(H,26,30). The first-order chi connectivity index (χ1) is 14.8. The molecule has 0 fully saturated rings. The number of nitrogens with one attached hydrogen (secondary N) is 1. The molecule has 0 saturated carbocycles. The minimum atomic E-state index is -0.194. The van der Waals surface area contributed by atoms with Crippen LogP contribution in [0.5, 0.6) is 0 Å². The van der Waals surface area contributed by atoms with Gasteiger partial charge in [0, 0.05) is 24.5 Å². The van der Waals surface area contributed by atoms with Gasteiger partial charge in [-0.3, -0.25) is 9.36 Å². The van der Waals surface area contributed by atoms with Crippen molar-refractivity contribution in [3.8, 4) is 17.2 Å². The number of nitrogens with zero attached hydrogens (tertiary/aromatic N) is 5. The third-order valence-electron chi connectivity index (χ3n) is 5.39. The van der Waals surface area contributed by atoms with Crippen molar-refractivity contribution in [3.05, 3.63) is 78.8 Å². The van der Waals surface area contributed by atoms with Crippen LogP contribution in [-0.2, 0) is 13.0 Å². The van der Waals surface area contributed by atoms with E-state index >= 15 is 0 Å². The third-order valence-corrected chi connectivity index (χ3v) is 5.39. The number of amides is 1. The second-order valence-corrected chi connectivity index (χ2v) is 7.39. The van der Waals surface area contributed by atoms with Crippen molar-refractivity contribution in [2.75, 3.05) is 5.32 Å². The van der Waals surface area contributed by atoms with Gasteiger partial charge in [-0.25, -0.2) is 15.0 Å². The molecule has 0 radical (unpaired) electrons. The summed E-state index contributed by atoms with van der Waals surface area (Å²) in [5.74, 6) is 1.42. The van der Waals surface area contributed by atoms with E-state index in [2.05, 4.69) is 19.9 Å². The van der Waals surface area contributed by atoms with Crippen LogP contribution in [0.25, 0.3) is 17.2 Å². The number of carbonyl (C=O) groups is 1. The quantitative estimate of drug-likeness (QED) is 0.561. The van der Waals surface area contributed by atoms with E-state index in [9.17, 15) is 4.79 Å². The van der Waals surface area contributed by atoms with E-state index in [1.165, 1.54) is 0 Å². The Balaban J connectivity index is 1.45. The van der Waals surface area contributed by atoms with Gasteiger partial charge in [-0.1, -0.05) is 36.8 Å². The number of imidazole rings is 2. The molecule has 1 aliphatic heterocycles. The molecule has 4 heterocycles. The minimum Gasteiger partial charge on any atom is -0.327 e. The molecule has 1 amide bonds. The van der Waals surface area contributed by atoms with E-state index in [1.807, 2.05) is 53.2 Å². The van der Waals surface area contributed by atoms with Crippen LogP contribution in [0.3, 0.4) is 0 Å². The first-order valence-corrected chi connectivity index (χ1v) is 10.2.